The molecule has 0 saturated heterocycles. The fraction of sp³-hybridized carbons (Fsp3) is 0.0833. The number of aryl methyl sites for hydroxylation is 2. The standard InChI is InChI=1S/C24H19BrN2O/c1-15-6-5-7-17(12-15)23-14-19(18-8-3-4-9-21(18)26-23)24(28)27-22-11-10-16(2)13-20(22)25/h3-14H,1-2H3,(H,27,28). The number of carbonyl (C=O) groups is 1. The molecular formula is C24H19BrN2O. The number of para-hydroxylation sites is 1. The summed E-state index contributed by atoms with van der Waals surface area (Å²) in [4.78, 5) is 17.9. The van der Waals surface area contributed by atoms with E-state index in [0.717, 1.165) is 43.4 Å². The number of benzene rings is 3. The molecule has 3 aromatic carbocycles. The van der Waals surface area contributed by atoms with Gasteiger partial charge < -0.3 is 5.32 Å². The van der Waals surface area contributed by atoms with E-state index in [-0.39, 0.29) is 5.91 Å². The molecule has 0 aliphatic carbocycles. The maximum Gasteiger partial charge on any atom is 0.256 e. The molecule has 0 radical (unpaired) electrons. The van der Waals surface area contributed by atoms with Crippen molar-refractivity contribution >= 4 is 38.4 Å². The van der Waals surface area contributed by atoms with Gasteiger partial charge in [-0.25, -0.2) is 4.98 Å². The Bertz CT molecular complexity index is 1200. The Labute approximate surface area is 172 Å². The molecule has 4 rings (SSSR count). The zero-order valence-corrected chi connectivity index (χ0v) is 17.2. The molecule has 1 heterocycles. The van der Waals surface area contributed by atoms with Gasteiger partial charge in [0.05, 0.1) is 22.5 Å². The van der Waals surface area contributed by atoms with Gasteiger partial charge in [-0.2, -0.15) is 0 Å². The summed E-state index contributed by atoms with van der Waals surface area (Å²) in [6.07, 6.45) is 0. The summed E-state index contributed by atoms with van der Waals surface area (Å²) in [6, 6.07) is 23.6. The van der Waals surface area contributed by atoms with Crippen molar-refractivity contribution in [1.82, 2.24) is 4.98 Å². The molecular weight excluding hydrogens is 412 g/mol. The normalized spacial score (nSPS) is 10.8. The monoisotopic (exact) mass is 430 g/mol. The van der Waals surface area contributed by atoms with E-state index in [1.807, 2.05) is 80.6 Å². The van der Waals surface area contributed by atoms with E-state index in [1.165, 1.54) is 0 Å². The summed E-state index contributed by atoms with van der Waals surface area (Å²) in [6.45, 7) is 4.06. The minimum Gasteiger partial charge on any atom is -0.321 e. The van der Waals surface area contributed by atoms with Crippen LogP contribution in [0.15, 0.2) is 77.3 Å². The van der Waals surface area contributed by atoms with Crippen LogP contribution >= 0.6 is 15.9 Å². The number of hydrogen-bond donors (Lipinski definition) is 1. The van der Waals surface area contributed by atoms with E-state index in [9.17, 15) is 4.79 Å². The van der Waals surface area contributed by atoms with Gasteiger partial charge in [0.2, 0.25) is 0 Å². The van der Waals surface area contributed by atoms with E-state index in [4.69, 9.17) is 4.98 Å². The number of pyridine rings is 1. The SMILES string of the molecule is Cc1cccc(-c2cc(C(=O)Nc3ccc(C)cc3Br)c3ccccc3n2)c1. The first-order valence-electron chi connectivity index (χ1n) is 9.05. The number of nitrogens with zero attached hydrogens (tertiary/aromatic N) is 1. The lowest BCUT2D eigenvalue weighted by molar-refractivity contribution is 0.102. The van der Waals surface area contributed by atoms with Gasteiger partial charge in [0, 0.05) is 15.4 Å². The number of rotatable bonds is 3. The van der Waals surface area contributed by atoms with Crippen molar-refractivity contribution in [2.24, 2.45) is 0 Å². The first-order valence-corrected chi connectivity index (χ1v) is 9.85. The van der Waals surface area contributed by atoms with Crippen LogP contribution in [0.3, 0.4) is 0 Å². The van der Waals surface area contributed by atoms with Gasteiger partial charge in [-0.15, -0.1) is 0 Å². The highest BCUT2D eigenvalue weighted by Crippen LogP contribution is 2.28. The van der Waals surface area contributed by atoms with Gasteiger partial charge in [0.1, 0.15) is 0 Å². The Kier molecular flexibility index (Phi) is 4.97. The Morgan fingerprint density at radius 3 is 2.46 bits per heavy atom. The molecule has 0 bridgehead atoms. The maximum absolute atomic E-state index is 13.2. The van der Waals surface area contributed by atoms with Crippen molar-refractivity contribution in [2.75, 3.05) is 5.32 Å². The Morgan fingerprint density at radius 2 is 1.68 bits per heavy atom. The van der Waals surface area contributed by atoms with Crippen molar-refractivity contribution in [3.8, 4) is 11.3 Å². The molecule has 1 N–H and O–H groups in total. The van der Waals surface area contributed by atoms with Gasteiger partial charge in [-0.05, 0) is 65.7 Å². The smallest absolute Gasteiger partial charge is 0.256 e. The van der Waals surface area contributed by atoms with Crippen LogP contribution < -0.4 is 5.32 Å². The molecule has 0 aliphatic heterocycles. The summed E-state index contributed by atoms with van der Waals surface area (Å²) >= 11 is 3.53. The Hall–Kier alpha value is -2.98. The average Bonchev–Trinajstić information content (AvgIpc) is 2.69. The van der Waals surface area contributed by atoms with Crippen LogP contribution in [0.25, 0.3) is 22.2 Å². The van der Waals surface area contributed by atoms with Crippen LogP contribution in [0, 0.1) is 13.8 Å². The number of carbonyl (C=O) groups excluding carboxylic acids is 1. The second kappa shape index (κ2) is 7.56. The lowest BCUT2D eigenvalue weighted by atomic mass is 10.0. The van der Waals surface area contributed by atoms with Crippen molar-refractivity contribution in [3.05, 3.63) is 94.0 Å². The van der Waals surface area contributed by atoms with Crippen LogP contribution in [0.4, 0.5) is 5.69 Å². The van der Waals surface area contributed by atoms with E-state index in [0.29, 0.717) is 5.56 Å². The zero-order chi connectivity index (χ0) is 19.7. The highest BCUT2D eigenvalue weighted by molar-refractivity contribution is 9.10. The molecule has 3 nitrogen and oxygen atoms in total. The quantitative estimate of drug-likeness (QED) is 0.401. The maximum atomic E-state index is 13.2. The zero-order valence-electron chi connectivity index (χ0n) is 15.7. The van der Waals surface area contributed by atoms with Crippen LogP contribution in [0.2, 0.25) is 0 Å². The second-order valence-corrected chi connectivity index (χ2v) is 7.73. The van der Waals surface area contributed by atoms with Crippen LogP contribution in [-0.2, 0) is 0 Å². The summed E-state index contributed by atoms with van der Waals surface area (Å²) in [7, 11) is 0. The summed E-state index contributed by atoms with van der Waals surface area (Å²) in [5.41, 5.74) is 6.22. The molecule has 4 heteroatoms. The molecule has 0 fully saturated rings. The van der Waals surface area contributed by atoms with Gasteiger partial charge in [0.25, 0.3) is 5.91 Å². The highest BCUT2D eigenvalue weighted by Gasteiger charge is 2.15. The topological polar surface area (TPSA) is 42.0 Å². The van der Waals surface area contributed by atoms with E-state index < -0.39 is 0 Å². The largest absolute Gasteiger partial charge is 0.321 e. The van der Waals surface area contributed by atoms with Gasteiger partial charge >= 0.3 is 0 Å². The Balaban J connectivity index is 1.81. The second-order valence-electron chi connectivity index (χ2n) is 6.88. The van der Waals surface area contributed by atoms with Crippen molar-refractivity contribution in [3.63, 3.8) is 0 Å². The van der Waals surface area contributed by atoms with E-state index in [2.05, 4.69) is 27.3 Å². The summed E-state index contributed by atoms with van der Waals surface area (Å²) in [5.74, 6) is -0.156. The molecule has 0 atom stereocenters. The Morgan fingerprint density at radius 1 is 0.893 bits per heavy atom. The minimum absolute atomic E-state index is 0.156. The molecule has 1 aromatic heterocycles. The van der Waals surface area contributed by atoms with E-state index in [1.54, 1.807) is 0 Å². The number of amides is 1. The molecule has 0 aliphatic rings. The van der Waals surface area contributed by atoms with Crippen molar-refractivity contribution < 1.29 is 4.79 Å². The van der Waals surface area contributed by atoms with Gasteiger partial charge in [-0.3, -0.25) is 4.79 Å². The summed E-state index contributed by atoms with van der Waals surface area (Å²) in [5, 5.41) is 3.86. The third-order valence-electron chi connectivity index (χ3n) is 4.65. The number of halogens is 1. The molecule has 0 saturated carbocycles. The number of aromatic nitrogens is 1. The predicted molar refractivity (Wildman–Crippen MR) is 119 cm³/mol. The molecule has 0 unspecified atom stereocenters. The first-order chi connectivity index (χ1) is 13.5. The lowest BCUT2D eigenvalue weighted by Crippen LogP contribution is -2.13. The number of hydrogen-bond acceptors (Lipinski definition) is 2. The van der Waals surface area contributed by atoms with E-state index >= 15 is 0 Å². The summed E-state index contributed by atoms with van der Waals surface area (Å²) < 4.78 is 0.859. The fourth-order valence-corrected chi connectivity index (χ4v) is 3.82. The van der Waals surface area contributed by atoms with Gasteiger partial charge in [-0.1, -0.05) is 48.0 Å². The molecule has 138 valence electrons. The average molecular weight is 431 g/mol. The third kappa shape index (κ3) is 3.69. The third-order valence-corrected chi connectivity index (χ3v) is 5.30. The fourth-order valence-electron chi connectivity index (χ4n) is 3.23. The number of fused-ring (bicyclic) bond motifs is 1. The van der Waals surface area contributed by atoms with Crippen LogP contribution in [0.1, 0.15) is 21.5 Å². The van der Waals surface area contributed by atoms with Crippen LogP contribution in [0.5, 0.6) is 0 Å². The molecule has 0 spiro atoms. The number of anilines is 1. The first kappa shape index (κ1) is 18.4. The van der Waals surface area contributed by atoms with Crippen molar-refractivity contribution in [1.29, 1.82) is 0 Å². The van der Waals surface area contributed by atoms with Crippen molar-refractivity contribution in [2.45, 2.75) is 13.8 Å². The predicted octanol–water partition coefficient (Wildman–Crippen LogP) is 6.53. The molecule has 28 heavy (non-hydrogen) atoms. The molecule has 1 amide bonds. The van der Waals surface area contributed by atoms with Gasteiger partial charge in [0.15, 0.2) is 0 Å². The molecule has 4 aromatic rings. The van der Waals surface area contributed by atoms with Crippen LogP contribution in [-0.4, -0.2) is 10.9 Å². The minimum atomic E-state index is -0.156. The highest BCUT2D eigenvalue weighted by atomic mass is 79.9. The lowest BCUT2D eigenvalue weighted by Gasteiger charge is -2.12. The number of nitrogens with one attached hydrogen (secondary N) is 1.